The van der Waals surface area contributed by atoms with Gasteiger partial charge in [-0.2, -0.15) is 0 Å². The van der Waals surface area contributed by atoms with Crippen LogP contribution < -0.4 is 5.32 Å². The first-order chi connectivity index (χ1) is 15.0. The molecular formula is C22H16N2O7. The molecule has 1 aromatic carbocycles. The fourth-order valence-corrected chi connectivity index (χ4v) is 3.10. The maximum atomic E-state index is 12.8. The number of furan rings is 2. The van der Waals surface area contributed by atoms with Crippen LogP contribution in [-0.2, 0) is 20.9 Å². The Morgan fingerprint density at radius 1 is 1.10 bits per heavy atom. The summed E-state index contributed by atoms with van der Waals surface area (Å²) in [5.74, 6) is -1.21. The van der Waals surface area contributed by atoms with Gasteiger partial charge in [0.2, 0.25) is 0 Å². The predicted octanol–water partition coefficient (Wildman–Crippen LogP) is 2.99. The summed E-state index contributed by atoms with van der Waals surface area (Å²) >= 11 is 0. The van der Waals surface area contributed by atoms with Gasteiger partial charge in [0.25, 0.3) is 11.8 Å². The fraction of sp³-hybridized carbons (Fsp3) is 0.0909. The largest absolute Gasteiger partial charge is 0.467 e. The van der Waals surface area contributed by atoms with Crippen LogP contribution in [0.1, 0.15) is 21.9 Å². The zero-order valence-electron chi connectivity index (χ0n) is 16.3. The number of carbonyl (C=O) groups excluding carboxylic acids is 4. The molecule has 0 bridgehead atoms. The van der Waals surface area contributed by atoms with E-state index in [2.05, 4.69) is 5.32 Å². The summed E-state index contributed by atoms with van der Waals surface area (Å²) in [5, 5.41) is 2.13. The van der Waals surface area contributed by atoms with Gasteiger partial charge in [0, 0.05) is 5.56 Å². The van der Waals surface area contributed by atoms with Gasteiger partial charge in [0.1, 0.15) is 22.9 Å². The number of hydrogen-bond donors (Lipinski definition) is 1. The van der Waals surface area contributed by atoms with E-state index in [9.17, 15) is 19.2 Å². The molecular weight excluding hydrogens is 404 g/mol. The van der Waals surface area contributed by atoms with Crippen molar-refractivity contribution < 1.29 is 32.7 Å². The number of nitrogens with one attached hydrogen (secondary N) is 1. The van der Waals surface area contributed by atoms with Crippen LogP contribution in [0.5, 0.6) is 0 Å². The molecule has 4 amide bonds. The molecule has 2 aromatic heterocycles. The molecule has 1 aliphatic heterocycles. The third kappa shape index (κ3) is 3.88. The molecule has 9 heteroatoms. The van der Waals surface area contributed by atoms with Crippen LogP contribution in [0.15, 0.2) is 69.2 Å². The van der Waals surface area contributed by atoms with Gasteiger partial charge in [0.15, 0.2) is 0 Å². The van der Waals surface area contributed by atoms with Crippen LogP contribution in [0.3, 0.4) is 0 Å². The normalized spacial score (nSPS) is 15.3. The average molecular weight is 420 g/mol. The van der Waals surface area contributed by atoms with Crippen LogP contribution in [-0.4, -0.2) is 35.8 Å². The third-order valence-electron chi connectivity index (χ3n) is 4.59. The Balaban J connectivity index is 1.64. The highest BCUT2D eigenvalue weighted by Crippen LogP contribution is 2.28. The lowest BCUT2D eigenvalue weighted by atomic mass is 10.1. The molecule has 3 heterocycles. The number of esters is 1. The summed E-state index contributed by atoms with van der Waals surface area (Å²) in [6.07, 6.45) is 2.66. The molecule has 1 aliphatic rings. The molecule has 0 radical (unpaired) electrons. The minimum Gasteiger partial charge on any atom is -0.467 e. The minimum atomic E-state index is -0.837. The molecule has 4 rings (SSSR count). The number of imide groups is 2. The highest BCUT2D eigenvalue weighted by molar-refractivity contribution is 6.30. The molecule has 0 saturated carbocycles. The second-order valence-corrected chi connectivity index (χ2v) is 6.53. The lowest BCUT2D eigenvalue weighted by Gasteiger charge is -2.25. The molecule has 0 aliphatic carbocycles. The SMILES string of the molecule is COC(=O)c1ccccc1-c1ccc(/C=C2\C(=O)NC(=O)N(Cc3ccco3)C2=O)o1. The van der Waals surface area contributed by atoms with Gasteiger partial charge in [-0.15, -0.1) is 0 Å². The van der Waals surface area contributed by atoms with Crippen molar-refractivity contribution in [3.05, 3.63) is 77.5 Å². The Kier molecular flexibility index (Phi) is 5.23. The standard InChI is InChI=1S/C22H16N2O7/c1-29-21(27)16-7-3-2-6-15(16)18-9-8-13(31-18)11-17-19(25)23-22(28)24(20(17)26)12-14-5-4-10-30-14/h2-11H,12H2,1H3,(H,23,25,28)/b17-11+. The third-order valence-corrected chi connectivity index (χ3v) is 4.59. The summed E-state index contributed by atoms with van der Waals surface area (Å²) in [4.78, 5) is 50.0. The smallest absolute Gasteiger partial charge is 0.338 e. The van der Waals surface area contributed by atoms with E-state index >= 15 is 0 Å². The van der Waals surface area contributed by atoms with Gasteiger partial charge >= 0.3 is 12.0 Å². The Morgan fingerprint density at radius 2 is 1.90 bits per heavy atom. The van der Waals surface area contributed by atoms with Crippen molar-refractivity contribution in [3.8, 4) is 11.3 Å². The van der Waals surface area contributed by atoms with E-state index in [0.717, 1.165) is 4.90 Å². The van der Waals surface area contributed by atoms with Gasteiger partial charge in [0.05, 0.1) is 25.5 Å². The van der Waals surface area contributed by atoms with Crippen LogP contribution in [0.2, 0.25) is 0 Å². The summed E-state index contributed by atoms with van der Waals surface area (Å²) < 4.78 is 15.7. The molecule has 9 nitrogen and oxygen atoms in total. The maximum Gasteiger partial charge on any atom is 0.338 e. The highest BCUT2D eigenvalue weighted by Gasteiger charge is 2.36. The number of hydrogen-bond acceptors (Lipinski definition) is 7. The minimum absolute atomic E-state index is 0.127. The number of carbonyl (C=O) groups is 4. The van der Waals surface area contributed by atoms with E-state index < -0.39 is 23.8 Å². The Labute approximate surface area is 175 Å². The van der Waals surface area contributed by atoms with Crippen molar-refractivity contribution in [2.45, 2.75) is 6.54 Å². The summed E-state index contributed by atoms with van der Waals surface area (Å²) in [6.45, 7) is -0.127. The first-order valence-electron chi connectivity index (χ1n) is 9.16. The molecule has 0 spiro atoms. The number of methoxy groups -OCH3 is 1. The molecule has 0 atom stereocenters. The fourth-order valence-electron chi connectivity index (χ4n) is 3.10. The van der Waals surface area contributed by atoms with E-state index in [1.54, 1.807) is 48.5 Å². The lowest BCUT2D eigenvalue weighted by Crippen LogP contribution is -2.53. The summed E-state index contributed by atoms with van der Waals surface area (Å²) in [7, 11) is 1.28. The van der Waals surface area contributed by atoms with Crippen molar-refractivity contribution in [1.29, 1.82) is 0 Å². The van der Waals surface area contributed by atoms with E-state index in [-0.39, 0.29) is 17.9 Å². The molecule has 31 heavy (non-hydrogen) atoms. The molecule has 3 aromatic rings. The number of urea groups is 1. The van der Waals surface area contributed by atoms with Gasteiger partial charge in [-0.25, -0.2) is 9.59 Å². The molecule has 0 unspecified atom stereocenters. The molecule has 1 saturated heterocycles. The number of amides is 4. The van der Waals surface area contributed by atoms with E-state index in [0.29, 0.717) is 22.6 Å². The number of ether oxygens (including phenoxy) is 1. The second kappa shape index (κ2) is 8.15. The Morgan fingerprint density at radius 3 is 2.65 bits per heavy atom. The monoisotopic (exact) mass is 420 g/mol. The number of rotatable bonds is 5. The van der Waals surface area contributed by atoms with E-state index in [1.807, 2.05) is 0 Å². The molecule has 156 valence electrons. The van der Waals surface area contributed by atoms with Crippen LogP contribution in [0.25, 0.3) is 17.4 Å². The topological polar surface area (TPSA) is 119 Å². The Bertz CT molecular complexity index is 1200. The quantitative estimate of drug-likeness (QED) is 0.383. The zero-order valence-corrected chi connectivity index (χ0v) is 16.3. The van der Waals surface area contributed by atoms with Gasteiger partial charge in [-0.1, -0.05) is 18.2 Å². The van der Waals surface area contributed by atoms with Crippen LogP contribution in [0.4, 0.5) is 4.79 Å². The Hall–Kier alpha value is -4.40. The summed E-state index contributed by atoms with van der Waals surface area (Å²) in [6, 6.07) is 12.3. The molecule has 1 fully saturated rings. The second-order valence-electron chi connectivity index (χ2n) is 6.53. The predicted molar refractivity (Wildman–Crippen MR) is 106 cm³/mol. The van der Waals surface area contributed by atoms with Gasteiger partial charge in [-0.3, -0.25) is 19.8 Å². The highest BCUT2D eigenvalue weighted by atomic mass is 16.5. The first kappa shape index (κ1) is 19.9. The van der Waals surface area contributed by atoms with Crippen molar-refractivity contribution in [2.75, 3.05) is 7.11 Å². The van der Waals surface area contributed by atoms with E-state index in [4.69, 9.17) is 13.6 Å². The number of nitrogens with zero attached hydrogens (tertiary/aromatic N) is 1. The maximum absolute atomic E-state index is 12.8. The van der Waals surface area contributed by atoms with E-state index in [1.165, 1.54) is 19.4 Å². The van der Waals surface area contributed by atoms with Crippen LogP contribution in [0, 0.1) is 0 Å². The average Bonchev–Trinajstić information content (AvgIpc) is 3.45. The summed E-state index contributed by atoms with van der Waals surface area (Å²) in [5.41, 5.74) is 0.529. The van der Waals surface area contributed by atoms with Gasteiger partial charge in [-0.05, 0) is 36.4 Å². The van der Waals surface area contributed by atoms with Gasteiger partial charge < -0.3 is 13.6 Å². The number of barbiturate groups is 1. The number of benzene rings is 1. The van der Waals surface area contributed by atoms with Crippen molar-refractivity contribution >= 4 is 29.9 Å². The van der Waals surface area contributed by atoms with Crippen molar-refractivity contribution in [3.63, 3.8) is 0 Å². The first-order valence-corrected chi connectivity index (χ1v) is 9.16. The molecule has 1 N–H and O–H groups in total. The van der Waals surface area contributed by atoms with Crippen LogP contribution >= 0.6 is 0 Å². The van der Waals surface area contributed by atoms with Crippen molar-refractivity contribution in [2.24, 2.45) is 0 Å². The van der Waals surface area contributed by atoms with Crippen molar-refractivity contribution in [1.82, 2.24) is 10.2 Å². The zero-order chi connectivity index (χ0) is 22.0. The lowest BCUT2D eigenvalue weighted by molar-refractivity contribution is -0.130.